The van der Waals surface area contributed by atoms with Gasteiger partial charge >= 0.3 is 0 Å². The molecule has 0 N–H and O–H groups in total. The van der Waals surface area contributed by atoms with Crippen molar-refractivity contribution >= 4 is 11.0 Å². The quantitative estimate of drug-likeness (QED) is 0.674. The first kappa shape index (κ1) is 9.84. The second-order valence-electron chi connectivity index (χ2n) is 3.67. The zero-order chi connectivity index (χ0) is 11.7. The van der Waals surface area contributed by atoms with E-state index in [1.165, 1.54) is 0 Å². The van der Waals surface area contributed by atoms with Gasteiger partial charge in [-0.15, -0.1) is 0 Å². The average Bonchev–Trinajstić information content (AvgIpc) is 2.87. The molecule has 2 aromatic carbocycles. The van der Waals surface area contributed by atoms with E-state index in [2.05, 4.69) is 10.3 Å². The topological polar surface area (TPSA) is 48.2 Å². The molecule has 0 bridgehead atoms. The Morgan fingerprint density at radius 2 is 1.94 bits per heavy atom. The standard InChI is InChI=1S/C13H10N2O2/c1-16-10-5-2-4-9(8-10)11-6-3-7-12-13(11)15-17-14-12/h2-8H,1H3. The molecule has 0 spiro atoms. The summed E-state index contributed by atoms with van der Waals surface area (Å²) in [5.41, 5.74) is 3.54. The maximum Gasteiger partial charge on any atom is 0.143 e. The summed E-state index contributed by atoms with van der Waals surface area (Å²) >= 11 is 0. The van der Waals surface area contributed by atoms with E-state index in [1.807, 2.05) is 42.5 Å². The maximum absolute atomic E-state index is 5.21. The zero-order valence-electron chi connectivity index (χ0n) is 9.25. The number of nitrogens with zero attached hydrogens (tertiary/aromatic N) is 2. The van der Waals surface area contributed by atoms with Gasteiger partial charge in [-0.05, 0) is 34.1 Å². The largest absolute Gasteiger partial charge is 0.497 e. The summed E-state index contributed by atoms with van der Waals surface area (Å²) in [6.45, 7) is 0. The van der Waals surface area contributed by atoms with Gasteiger partial charge in [0.25, 0.3) is 0 Å². The molecule has 3 aromatic rings. The molecule has 0 radical (unpaired) electrons. The van der Waals surface area contributed by atoms with Crippen LogP contribution in [0, 0.1) is 0 Å². The summed E-state index contributed by atoms with van der Waals surface area (Å²) in [6, 6.07) is 13.6. The molecule has 4 nitrogen and oxygen atoms in total. The van der Waals surface area contributed by atoms with Gasteiger partial charge < -0.3 is 4.74 Å². The lowest BCUT2D eigenvalue weighted by molar-refractivity contribution is 0.315. The van der Waals surface area contributed by atoms with Crippen LogP contribution < -0.4 is 4.74 Å². The van der Waals surface area contributed by atoms with Crippen LogP contribution in [0.25, 0.3) is 22.2 Å². The number of hydrogen-bond donors (Lipinski definition) is 0. The van der Waals surface area contributed by atoms with Gasteiger partial charge in [0.2, 0.25) is 0 Å². The van der Waals surface area contributed by atoms with Gasteiger partial charge in [0.05, 0.1) is 7.11 Å². The average molecular weight is 226 g/mol. The molecule has 0 saturated heterocycles. The first-order valence-corrected chi connectivity index (χ1v) is 5.24. The Hall–Kier alpha value is -2.36. The number of methoxy groups -OCH3 is 1. The minimum atomic E-state index is 0.755. The Morgan fingerprint density at radius 1 is 1.06 bits per heavy atom. The highest BCUT2D eigenvalue weighted by Crippen LogP contribution is 2.28. The van der Waals surface area contributed by atoms with Gasteiger partial charge in [-0.25, -0.2) is 4.63 Å². The molecule has 0 atom stereocenters. The Balaban J connectivity index is 2.23. The molecule has 3 rings (SSSR count). The van der Waals surface area contributed by atoms with E-state index in [0.29, 0.717) is 0 Å². The normalized spacial score (nSPS) is 10.6. The molecule has 84 valence electrons. The van der Waals surface area contributed by atoms with E-state index in [-0.39, 0.29) is 0 Å². The number of aromatic nitrogens is 2. The SMILES string of the molecule is COc1cccc(-c2cccc3nonc23)c1. The van der Waals surface area contributed by atoms with Crippen LogP contribution >= 0.6 is 0 Å². The Kier molecular flexibility index (Phi) is 2.26. The minimum Gasteiger partial charge on any atom is -0.497 e. The molecule has 1 aromatic heterocycles. The monoisotopic (exact) mass is 226 g/mol. The highest BCUT2D eigenvalue weighted by molar-refractivity contribution is 5.91. The van der Waals surface area contributed by atoms with Crippen molar-refractivity contribution in [3.05, 3.63) is 42.5 Å². The van der Waals surface area contributed by atoms with Gasteiger partial charge in [-0.1, -0.05) is 24.3 Å². The molecule has 4 heteroatoms. The first-order valence-electron chi connectivity index (χ1n) is 5.24. The van der Waals surface area contributed by atoms with Crippen LogP contribution in [0.2, 0.25) is 0 Å². The van der Waals surface area contributed by atoms with Crippen molar-refractivity contribution in [2.75, 3.05) is 7.11 Å². The Bertz CT molecular complexity index is 661. The van der Waals surface area contributed by atoms with Crippen molar-refractivity contribution in [1.82, 2.24) is 10.3 Å². The fraction of sp³-hybridized carbons (Fsp3) is 0.0769. The third-order valence-corrected chi connectivity index (χ3v) is 2.67. The van der Waals surface area contributed by atoms with E-state index >= 15 is 0 Å². The predicted octanol–water partition coefficient (Wildman–Crippen LogP) is 2.90. The van der Waals surface area contributed by atoms with Gasteiger partial charge in [-0.2, -0.15) is 0 Å². The second-order valence-corrected chi connectivity index (χ2v) is 3.67. The van der Waals surface area contributed by atoms with Crippen LogP contribution in [0.15, 0.2) is 47.1 Å². The molecule has 1 heterocycles. The summed E-state index contributed by atoms with van der Waals surface area (Å²) in [4.78, 5) is 0. The van der Waals surface area contributed by atoms with E-state index in [1.54, 1.807) is 7.11 Å². The number of fused-ring (bicyclic) bond motifs is 1. The summed E-state index contributed by atoms with van der Waals surface area (Å²) in [6.07, 6.45) is 0. The predicted molar refractivity (Wildman–Crippen MR) is 63.8 cm³/mol. The molecule has 0 aliphatic rings. The van der Waals surface area contributed by atoms with Crippen LogP contribution in [-0.2, 0) is 0 Å². The van der Waals surface area contributed by atoms with E-state index in [9.17, 15) is 0 Å². The van der Waals surface area contributed by atoms with Crippen molar-refractivity contribution < 1.29 is 9.37 Å². The molecular formula is C13H10N2O2. The van der Waals surface area contributed by atoms with Crippen LogP contribution in [0.5, 0.6) is 5.75 Å². The van der Waals surface area contributed by atoms with Gasteiger partial charge in [0.15, 0.2) is 0 Å². The first-order chi connectivity index (χ1) is 8.38. The molecule has 0 unspecified atom stereocenters. The van der Waals surface area contributed by atoms with Crippen LogP contribution in [-0.4, -0.2) is 17.4 Å². The van der Waals surface area contributed by atoms with Crippen LogP contribution in [0.3, 0.4) is 0 Å². The molecular weight excluding hydrogens is 216 g/mol. The minimum absolute atomic E-state index is 0.755. The summed E-state index contributed by atoms with van der Waals surface area (Å²) in [5, 5.41) is 7.75. The zero-order valence-corrected chi connectivity index (χ0v) is 9.25. The lowest BCUT2D eigenvalue weighted by Crippen LogP contribution is -1.84. The highest BCUT2D eigenvalue weighted by Gasteiger charge is 2.08. The maximum atomic E-state index is 5.21. The van der Waals surface area contributed by atoms with E-state index in [4.69, 9.17) is 9.37 Å². The smallest absolute Gasteiger partial charge is 0.143 e. The van der Waals surface area contributed by atoms with Crippen molar-refractivity contribution in [2.45, 2.75) is 0 Å². The molecule has 17 heavy (non-hydrogen) atoms. The van der Waals surface area contributed by atoms with Crippen molar-refractivity contribution in [3.63, 3.8) is 0 Å². The van der Waals surface area contributed by atoms with E-state index < -0.39 is 0 Å². The molecule has 0 aliphatic heterocycles. The van der Waals surface area contributed by atoms with Crippen molar-refractivity contribution in [3.8, 4) is 16.9 Å². The van der Waals surface area contributed by atoms with Crippen LogP contribution in [0.4, 0.5) is 0 Å². The summed E-state index contributed by atoms with van der Waals surface area (Å²) in [7, 11) is 1.65. The molecule has 0 aliphatic carbocycles. The molecule has 0 amide bonds. The fourth-order valence-corrected chi connectivity index (χ4v) is 1.83. The third-order valence-electron chi connectivity index (χ3n) is 2.67. The summed E-state index contributed by atoms with van der Waals surface area (Å²) in [5.74, 6) is 0.816. The number of rotatable bonds is 2. The second kappa shape index (κ2) is 3.90. The van der Waals surface area contributed by atoms with Gasteiger partial charge in [0.1, 0.15) is 16.8 Å². The van der Waals surface area contributed by atoms with E-state index in [0.717, 1.165) is 27.9 Å². The number of ether oxygens (including phenoxy) is 1. The van der Waals surface area contributed by atoms with Crippen LogP contribution in [0.1, 0.15) is 0 Å². The number of benzene rings is 2. The molecule has 0 saturated carbocycles. The third kappa shape index (κ3) is 1.63. The Labute approximate surface area is 97.8 Å². The molecule has 0 fully saturated rings. The van der Waals surface area contributed by atoms with Crippen molar-refractivity contribution in [1.29, 1.82) is 0 Å². The highest BCUT2D eigenvalue weighted by atomic mass is 16.6. The lowest BCUT2D eigenvalue weighted by atomic mass is 10.0. The van der Waals surface area contributed by atoms with Gasteiger partial charge in [0, 0.05) is 5.56 Å². The summed E-state index contributed by atoms with van der Waals surface area (Å²) < 4.78 is 9.96. The fourth-order valence-electron chi connectivity index (χ4n) is 1.83. The van der Waals surface area contributed by atoms with Gasteiger partial charge in [-0.3, -0.25) is 0 Å². The Morgan fingerprint density at radius 3 is 2.82 bits per heavy atom. The number of hydrogen-bond acceptors (Lipinski definition) is 4. The van der Waals surface area contributed by atoms with Crippen molar-refractivity contribution in [2.24, 2.45) is 0 Å². The lowest BCUT2D eigenvalue weighted by Gasteiger charge is -2.04.